The summed E-state index contributed by atoms with van der Waals surface area (Å²) in [7, 11) is 2.40. The van der Waals surface area contributed by atoms with Crippen LogP contribution in [0, 0.1) is 0 Å². The average Bonchev–Trinajstić information content (AvgIpc) is 3.27. The molecule has 27 nitrogen and oxygen atoms in total. The molecule has 0 bridgehead atoms. The van der Waals surface area contributed by atoms with E-state index in [1.54, 1.807) is 0 Å². The highest BCUT2D eigenvalue weighted by molar-refractivity contribution is 4.98. The summed E-state index contributed by atoms with van der Waals surface area (Å²) in [4.78, 5) is 0. The van der Waals surface area contributed by atoms with Gasteiger partial charge in [0, 0.05) is 14.2 Å². The molecule has 5 heterocycles. The van der Waals surface area contributed by atoms with E-state index in [0.717, 1.165) is 0 Å². The van der Waals surface area contributed by atoms with Gasteiger partial charge in [-0.3, -0.25) is 0 Å². The van der Waals surface area contributed by atoms with E-state index in [0.29, 0.717) is 0 Å². The highest BCUT2D eigenvalue weighted by Crippen LogP contribution is 2.35. The van der Waals surface area contributed by atoms with Crippen LogP contribution in [0.2, 0.25) is 0 Å². The largest absolute Gasteiger partial charge is 0.394 e. The second-order valence-corrected chi connectivity index (χ2v) is 15.9. The molecule has 63 heavy (non-hydrogen) atoms. The Morgan fingerprint density at radius 3 is 1.43 bits per heavy atom. The molecule has 26 unspecified atom stereocenters. The number of methoxy groups -OCH3 is 2. The number of aliphatic hydroxyl groups is 15. The van der Waals surface area contributed by atoms with Crippen molar-refractivity contribution in [2.75, 3.05) is 60.5 Å². The second-order valence-electron chi connectivity index (χ2n) is 15.9. The smallest absolute Gasteiger partial charge is 0.187 e. The Bertz CT molecular complexity index is 1340. The maximum atomic E-state index is 11.7. The number of rotatable bonds is 19. The Morgan fingerprint density at radius 2 is 0.841 bits per heavy atom. The van der Waals surface area contributed by atoms with Gasteiger partial charge in [0.2, 0.25) is 0 Å². The molecule has 5 rings (SSSR count). The summed E-state index contributed by atoms with van der Waals surface area (Å²) < 4.78 is 67.7. The molecule has 5 fully saturated rings. The molecule has 27 heteroatoms. The minimum Gasteiger partial charge on any atom is -0.394 e. The zero-order valence-electron chi connectivity index (χ0n) is 34.6. The van der Waals surface area contributed by atoms with Gasteiger partial charge in [-0.2, -0.15) is 0 Å². The number of hydrogen-bond acceptors (Lipinski definition) is 27. The highest BCUT2D eigenvalue weighted by atomic mass is 16.8. The van der Waals surface area contributed by atoms with Crippen LogP contribution >= 0.6 is 0 Å². The van der Waals surface area contributed by atoms with Crippen LogP contribution in [-0.2, 0) is 56.8 Å². The zero-order valence-corrected chi connectivity index (χ0v) is 34.6. The van der Waals surface area contributed by atoms with Gasteiger partial charge in [-0.25, -0.2) is 0 Å². The van der Waals surface area contributed by atoms with Crippen LogP contribution in [0.5, 0.6) is 0 Å². The van der Waals surface area contributed by atoms with E-state index in [-0.39, 0.29) is 0 Å². The van der Waals surface area contributed by atoms with Crippen LogP contribution in [0.25, 0.3) is 0 Å². The zero-order chi connectivity index (χ0) is 46.4. The number of hydrogen-bond donors (Lipinski definition) is 15. The molecule has 15 N–H and O–H groups in total. The Labute approximate surface area is 360 Å². The van der Waals surface area contributed by atoms with E-state index in [2.05, 4.69) is 0 Å². The monoisotopic (exact) mass is 928 g/mol. The van der Waals surface area contributed by atoms with Crippen molar-refractivity contribution >= 4 is 0 Å². The quantitative estimate of drug-likeness (QED) is 0.0572. The molecule has 0 aromatic carbocycles. The van der Waals surface area contributed by atoms with E-state index in [1.165, 1.54) is 21.1 Å². The Kier molecular flexibility index (Phi) is 20.0. The molecule has 0 radical (unpaired) electrons. The van der Waals surface area contributed by atoms with Crippen molar-refractivity contribution in [3.8, 4) is 0 Å². The van der Waals surface area contributed by atoms with E-state index < -0.39 is 206 Å². The van der Waals surface area contributed by atoms with Crippen LogP contribution in [0.15, 0.2) is 0 Å². The molecule has 0 saturated carbocycles. The van der Waals surface area contributed by atoms with Gasteiger partial charge in [-0.15, -0.1) is 0 Å². The Morgan fingerprint density at radius 1 is 0.413 bits per heavy atom. The van der Waals surface area contributed by atoms with Gasteiger partial charge in [-0.05, 0) is 6.92 Å². The summed E-state index contributed by atoms with van der Waals surface area (Å²) in [5, 5.41) is 158. The SMILES string of the molecule is COC1C(CO)OC(OCC2OC(OC3C(CO)OC(C)C(O)C3O)C(O)C(O)C2OC2OC(CO)C(OC)C(O)C2OCC(O)COC2C(CO)OC(O)C(O)C2O)C(O)C1O. The van der Waals surface area contributed by atoms with Crippen molar-refractivity contribution in [1.29, 1.82) is 0 Å². The normalized spacial score (nSPS) is 49.1. The van der Waals surface area contributed by atoms with Crippen LogP contribution in [-0.4, -0.2) is 297 Å². The fourth-order valence-electron chi connectivity index (χ4n) is 8.13. The van der Waals surface area contributed by atoms with Crippen molar-refractivity contribution in [1.82, 2.24) is 0 Å². The van der Waals surface area contributed by atoms with Gasteiger partial charge in [0.25, 0.3) is 0 Å². The first-order chi connectivity index (χ1) is 30.0. The fourth-order valence-corrected chi connectivity index (χ4v) is 8.13. The van der Waals surface area contributed by atoms with Crippen molar-refractivity contribution in [3.05, 3.63) is 0 Å². The molecule has 0 aliphatic carbocycles. The molecular weight excluding hydrogens is 864 g/mol. The summed E-state index contributed by atoms with van der Waals surface area (Å²) in [6, 6.07) is 0. The lowest BCUT2D eigenvalue weighted by Crippen LogP contribution is -2.67. The second kappa shape index (κ2) is 23.8. The third-order valence-electron chi connectivity index (χ3n) is 11.7. The van der Waals surface area contributed by atoms with Gasteiger partial charge in [0.1, 0.15) is 128 Å². The van der Waals surface area contributed by atoms with Crippen LogP contribution < -0.4 is 0 Å². The molecule has 5 aliphatic rings. The first-order valence-corrected chi connectivity index (χ1v) is 20.4. The summed E-state index contributed by atoms with van der Waals surface area (Å²) >= 11 is 0. The Hall–Kier alpha value is -1.08. The lowest BCUT2D eigenvalue weighted by molar-refractivity contribution is -0.382. The van der Waals surface area contributed by atoms with Gasteiger partial charge < -0.3 is 133 Å². The summed E-state index contributed by atoms with van der Waals surface area (Å²) in [5.74, 6) is 0. The minimum absolute atomic E-state index is 0.630. The molecule has 0 aromatic rings. The lowest BCUT2D eigenvalue weighted by Gasteiger charge is -2.49. The van der Waals surface area contributed by atoms with Crippen LogP contribution in [0.1, 0.15) is 6.92 Å². The molecule has 0 aromatic heterocycles. The fraction of sp³-hybridized carbons (Fsp3) is 1.00. The van der Waals surface area contributed by atoms with Gasteiger partial charge >= 0.3 is 0 Å². The summed E-state index contributed by atoms with van der Waals surface area (Å²) in [5.41, 5.74) is 0. The van der Waals surface area contributed by atoms with E-state index in [1.807, 2.05) is 0 Å². The maximum absolute atomic E-state index is 11.7. The van der Waals surface area contributed by atoms with Crippen molar-refractivity contribution in [3.63, 3.8) is 0 Å². The third kappa shape index (κ3) is 11.8. The molecule has 0 spiro atoms. The molecule has 0 amide bonds. The number of aliphatic hydroxyl groups excluding tert-OH is 15. The minimum atomic E-state index is -2.07. The van der Waals surface area contributed by atoms with Crippen LogP contribution in [0.3, 0.4) is 0 Å². The Balaban J connectivity index is 1.37. The van der Waals surface area contributed by atoms with Gasteiger partial charge in [-0.1, -0.05) is 0 Å². The van der Waals surface area contributed by atoms with Crippen molar-refractivity contribution < 1.29 is 133 Å². The van der Waals surface area contributed by atoms with Crippen molar-refractivity contribution in [2.45, 2.75) is 166 Å². The van der Waals surface area contributed by atoms with Crippen molar-refractivity contribution in [2.24, 2.45) is 0 Å². The summed E-state index contributed by atoms with van der Waals surface area (Å²) in [6.07, 6.45) is -41.4. The molecule has 5 aliphatic heterocycles. The lowest BCUT2D eigenvalue weighted by atomic mass is 9.94. The first kappa shape index (κ1) is 52.9. The topological polar surface area (TPSA) is 414 Å². The van der Waals surface area contributed by atoms with E-state index in [9.17, 15) is 76.6 Å². The van der Waals surface area contributed by atoms with Gasteiger partial charge in [0.15, 0.2) is 25.2 Å². The third-order valence-corrected chi connectivity index (χ3v) is 11.7. The molecule has 5 saturated heterocycles. The van der Waals surface area contributed by atoms with Crippen LogP contribution in [0.4, 0.5) is 0 Å². The standard InChI is InChI=1S/C36H64O27/c1-11-18(42)19(43)30(16(7-40)57-11)62-35-25(49)22(46)31(17(61-35)10-56-34-24(48)21(45)27(52-2)13(4-37)59-34)63-36-32(26(50)28(53-3)14(5-38)60-36)55-9-12(41)8-54-29-15(6-39)58-33(51)23(47)20(29)44/h11-51H,4-10H2,1-3H3. The number of ether oxygens (including phenoxy) is 12. The van der Waals surface area contributed by atoms with E-state index in [4.69, 9.17) is 56.8 Å². The predicted molar refractivity (Wildman–Crippen MR) is 196 cm³/mol. The highest BCUT2D eigenvalue weighted by Gasteiger charge is 2.55. The first-order valence-electron chi connectivity index (χ1n) is 20.4. The predicted octanol–water partition coefficient (Wildman–Crippen LogP) is -10.2. The molecular formula is C36H64O27. The average molecular weight is 929 g/mol. The van der Waals surface area contributed by atoms with Gasteiger partial charge in [0.05, 0.1) is 52.4 Å². The summed E-state index contributed by atoms with van der Waals surface area (Å²) in [6.45, 7) is -3.53. The molecule has 26 atom stereocenters. The van der Waals surface area contributed by atoms with E-state index >= 15 is 0 Å². The molecule has 370 valence electrons. The maximum Gasteiger partial charge on any atom is 0.187 e.